The Morgan fingerprint density at radius 1 is 1.28 bits per heavy atom. The monoisotopic (exact) mass is 267 g/mol. The van der Waals surface area contributed by atoms with Crippen LogP contribution in [0.15, 0.2) is 0 Å². The highest BCUT2D eigenvalue weighted by atomic mass is 32.1. The Labute approximate surface area is 114 Å². The van der Waals surface area contributed by atoms with Crippen molar-refractivity contribution in [2.75, 3.05) is 0 Å². The number of hydrazine groups is 1. The maximum absolute atomic E-state index is 5.82. The Bertz CT molecular complexity index is 402. The van der Waals surface area contributed by atoms with E-state index < -0.39 is 0 Å². The number of rotatable bonds is 3. The van der Waals surface area contributed by atoms with Crippen LogP contribution >= 0.6 is 11.3 Å². The number of hydrogen-bond acceptors (Lipinski definition) is 4. The van der Waals surface area contributed by atoms with Gasteiger partial charge in [-0.2, -0.15) is 0 Å². The molecule has 1 fully saturated rings. The minimum Gasteiger partial charge on any atom is -0.271 e. The van der Waals surface area contributed by atoms with Crippen LogP contribution in [-0.2, 0) is 0 Å². The van der Waals surface area contributed by atoms with Gasteiger partial charge in [0.25, 0.3) is 0 Å². The normalized spacial score (nSPS) is 30.4. The third-order valence-corrected chi connectivity index (χ3v) is 5.67. The van der Waals surface area contributed by atoms with Crippen molar-refractivity contribution in [3.63, 3.8) is 0 Å². The molecule has 0 bridgehead atoms. The van der Waals surface area contributed by atoms with Gasteiger partial charge in [-0.05, 0) is 44.4 Å². The third kappa shape index (κ3) is 2.76. The summed E-state index contributed by atoms with van der Waals surface area (Å²) >= 11 is 1.79. The van der Waals surface area contributed by atoms with E-state index in [-0.39, 0.29) is 6.04 Å². The van der Waals surface area contributed by atoms with E-state index in [4.69, 9.17) is 5.84 Å². The van der Waals surface area contributed by atoms with Crippen LogP contribution in [0.1, 0.15) is 54.7 Å². The molecule has 1 aliphatic rings. The van der Waals surface area contributed by atoms with Crippen molar-refractivity contribution >= 4 is 11.3 Å². The molecule has 0 amide bonds. The van der Waals surface area contributed by atoms with Gasteiger partial charge in [-0.3, -0.25) is 11.3 Å². The summed E-state index contributed by atoms with van der Waals surface area (Å²) in [5.74, 6) is 8.13. The minimum absolute atomic E-state index is 0.283. The molecule has 18 heavy (non-hydrogen) atoms. The average molecular weight is 267 g/mol. The zero-order valence-corrected chi connectivity index (χ0v) is 12.7. The molecule has 1 saturated carbocycles. The summed E-state index contributed by atoms with van der Waals surface area (Å²) in [5.41, 5.74) is 4.19. The number of hydrogen-bond donors (Lipinski definition) is 2. The molecule has 4 unspecified atom stereocenters. The molecule has 1 aromatic rings. The summed E-state index contributed by atoms with van der Waals surface area (Å²) in [5, 5.41) is 1.14. The maximum atomic E-state index is 5.82. The second-order valence-corrected chi connectivity index (χ2v) is 7.09. The lowest BCUT2D eigenvalue weighted by molar-refractivity contribution is 0.172. The fourth-order valence-electron chi connectivity index (χ4n) is 3.15. The van der Waals surface area contributed by atoms with E-state index >= 15 is 0 Å². The second kappa shape index (κ2) is 5.68. The van der Waals surface area contributed by atoms with Crippen molar-refractivity contribution in [2.24, 2.45) is 23.6 Å². The van der Waals surface area contributed by atoms with Crippen molar-refractivity contribution in [2.45, 2.75) is 53.0 Å². The van der Waals surface area contributed by atoms with Crippen molar-refractivity contribution in [3.8, 4) is 0 Å². The number of nitrogens with zero attached hydrogens (tertiary/aromatic N) is 1. The quantitative estimate of drug-likeness (QED) is 0.652. The van der Waals surface area contributed by atoms with Crippen LogP contribution in [0, 0.1) is 31.6 Å². The summed E-state index contributed by atoms with van der Waals surface area (Å²) in [4.78, 5) is 5.87. The van der Waals surface area contributed by atoms with Gasteiger partial charge < -0.3 is 0 Å². The molecule has 2 rings (SSSR count). The molecule has 0 saturated heterocycles. The highest BCUT2D eigenvalue weighted by Crippen LogP contribution is 2.41. The summed E-state index contributed by atoms with van der Waals surface area (Å²) in [6.45, 7) is 8.90. The topological polar surface area (TPSA) is 50.9 Å². The Balaban J connectivity index is 2.16. The highest BCUT2D eigenvalue weighted by molar-refractivity contribution is 7.11. The standard InChI is InChI=1S/C14H25N3S/c1-8-5-6-12(7-9(8)2)13(17-15)14-10(3)16-11(4)18-14/h8-9,12-13,17H,5-7,15H2,1-4H3. The smallest absolute Gasteiger partial charge is 0.0900 e. The van der Waals surface area contributed by atoms with E-state index in [1.165, 1.54) is 24.1 Å². The molecule has 102 valence electrons. The largest absolute Gasteiger partial charge is 0.271 e. The van der Waals surface area contributed by atoms with E-state index in [2.05, 4.69) is 38.1 Å². The van der Waals surface area contributed by atoms with Crippen LogP contribution in [-0.4, -0.2) is 4.98 Å². The van der Waals surface area contributed by atoms with Gasteiger partial charge in [-0.1, -0.05) is 20.3 Å². The molecule has 3 N–H and O–H groups in total. The van der Waals surface area contributed by atoms with Gasteiger partial charge in [-0.15, -0.1) is 11.3 Å². The number of aryl methyl sites for hydroxylation is 2. The van der Waals surface area contributed by atoms with E-state index in [1.54, 1.807) is 11.3 Å². The van der Waals surface area contributed by atoms with Gasteiger partial charge >= 0.3 is 0 Å². The van der Waals surface area contributed by atoms with Gasteiger partial charge in [0.1, 0.15) is 0 Å². The second-order valence-electron chi connectivity index (χ2n) is 5.85. The number of aromatic nitrogens is 1. The van der Waals surface area contributed by atoms with Crippen molar-refractivity contribution < 1.29 is 0 Å². The fraction of sp³-hybridized carbons (Fsp3) is 0.786. The first-order valence-electron chi connectivity index (χ1n) is 6.93. The summed E-state index contributed by atoms with van der Waals surface area (Å²) in [7, 11) is 0. The van der Waals surface area contributed by atoms with Gasteiger partial charge in [-0.25, -0.2) is 4.98 Å². The van der Waals surface area contributed by atoms with Crippen LogP contribution < -0.4 is 11.3 Å². The SMILES string of the molecule is Cc1nc(C)c(C(NN)C2CCC(C)C(C)C2)s1. The van der Waals surface area contributed by atoms with Crippen LogP contribution in [0.25, 0.3) is 0 Å². The number of nitrogens with two attached hydrogens (primary N) is 1. The van der Waals surface area contributed by atoms with Gasteiger partial charge in [0.2, 0.25) is 0 Å². The lowest BCUT2D eigenvalue weighted by Crippen LogP contribution is -2.36. The van der Waals surface area contributed by atoms with E-state index in [0.717, 1.165) is 22.5 Å². The molecule has 0 aromatic carbocycles. The van der Waals surface area contributed by atoms with Crippen molar-refractivity contribution in [1.82, 2.24) is 10.4 Å². The van der Waals surface area contributed by atoms with E-state index in [0.29, 0.717) is 5.92 Å². The summed E-state index contributed by atoms with van der Waals surface area (Å²) in [6, 6.07) is 0.283. The molecule has 4 atom stereocenters. The van der Waals surface area contributed by atoms with Crippen molar-refractivity contribution in [1.29, 1.82) is 0 Å². The number of nitrogens with one attached hydrogen (secondary N) is 1. The first kappa shape index (κ1) is 14.0. The zero-order valence-electron chi connectivity index (χ0n) is 11.9. The Morgan fingerprint density at radius 2 is 2.00 bits per heavy atom. The Kier molecular flexibility index (Phi) is 4.41. The lowest BCUT2D eigenvalue weighted by atomic mass is 9.73. The van der Waals surface area contributed by atoms with Gasteiger partial charge in [0, 0.05) is 4.88 Å². The van der Waals surface area contributed by atoms with E-state index in [9.17, 15) is 0 Å². The molecular formula is C14H25N3S. The summed E-state index contributed by atoms with van der Waals surface area (Å²) < 4.78 is 0. The predicted octanol–water partition coefficient (Wildman–Crippen LogP) is 3.34. The minimum atomic E-state index is 0.283. The van der Waals surface area contributed by atoms with Crippen LogP contribution in [0.3, 0.4) is 0 Å². The maximum Gasteiger partial charge on any atom is 0.0900 e. The summed E-state index contributed by atoms with van der Waals surface area (Å²) in [6.07, 6.45) is 3.87. The molecule has 1 aromatic heterocycles. The molecule has 1 heterocycles. The fourth-order valence-corrected chi connectivity index (χ4v) is 4.24. The molecule has 0 radical (unpaired) electrons. The molecule has 0 spiro atoms. The van der Waals surface area contributed by atoms with Gasteiger partial charge in [0.15, 0.2) is 0 Å². The van der Waals surface area contributed by atoms with Gasteiger partial charge in [0.05, 0.1) is 16.7 Å². The molecule has 3 nitrogen and oxygen atoms in total. The van der Waals surface area contributed by atoms with Crippen LogP contribution in [0.4, 0.5) is 0 Å². The average Bonchev–Trinajstić information content (AvgIpc) is 2.64. The van der Waals surface area contributed by atoms with Crippen LogP contribution in [0.2, 0.25) is 0 Å². The molecular weight excluding hydrogens is 242 g/mol. The Hall–Kier alpha value is -0.450. The zero-order chi connectivity index (χ0) is 13.3. The first-order valence-corrected chi connectivity index (χ1v) is 7.74. The predicted molar refractivity (Wildman–Crippen MR) is 77.3 cm³/mol. The van der Waals surface area contributed by atoms with E-state index in [1.807, 2.05) is 0 Å². The molecule has 1 aliphatic carbocycles. The lowest BCUT2D eigenvalue weighted by Gasteiger charge is -2.36. The van der Waals surface area contributed by atoms with Crippen LogP contribution in [0.5, 0.6) is 0 Å². The highest BCUT2D eigenvalue weighted by Gasteiger charge is 2.32. The first-order chi connectivity index (χ1) is 8.52. The Morgan fingerprint density at radius 3 is 2.50 bits per heavy atom. The molecule has 4 heteroatoms. The van der Waals surface area contributed by atoms with Crippen molar-refractivity contribution in [3.05, 3.63) is 15.6 Å². The third-order valence-electron chi connectivity index (χ3n) is 4.51. The number of thiazole rings is 1. The molecule has 0 aliphatic heterocycles.